The predicted octanol–water partition coefficient (Wildman–Crippen LogP) is 1.78. The normalized spacial score (nSPS) is 21.2. The van der Waals surface area contributed by atoms with Crippen LogP contribution in [-0.2, 0) is 9.53 Å². The summed E-state index contributed by atoms with van der Waals surface area (Å²) in [6.07, 6.45) is -1.97. The summed E-state index contributed by atoms with van der Waals surface area (Å²) in [4.78, 5) is 25.3. The second-order valence-corrected chi connectivity index (χ2v) is 5.49. The summed E-state index contributed by atoms with van der Waals surface area (Å²) in [5, 5.41) is 11.7. The molecule has 0 spiro atoms. The standard InChI is InChI=1S/C12H15NO4S/c1-7(2)8-6-17-12(16)13(8)11(15)10(14)9-4-3-5-18-9/h3-5,7-8,10,14H,6H2,1-2H3/t8-,10+/m1/s1. The van der Waals surface area contributed by atoms with E-state index in [0.717, 1.165) is 4.90 Å². The number of carbonyl (C=O) groups is 2. The van der Waals surface area contributed by atoms with Crippen LogP contribution in [0.25, 0.3) is 0 Å². The molecular formula is C12H15NO4S. The van der Waals surface area contributed by atoms with E-state index in [9.17, 15) is 14.7 Å². The topological polar surface area (TPSA) is 66.8 Å². The van der Waals surface area contributed by atoms with Gasteiger partial charge in [0.2, 0.25) is 0 Å². The molecule has 1 N–H and O–H groups in total. The number of nitrogens with zero attached hydrogens (tertiary/aromatic N) is 1. The Hall–Kier alpha value is -1.40. The average molecular weight is 269 g/mol. The SMILES string of the molecule is CC(C)[C@H]1COC(=O)N1C(=O)[C@@H](O)c1cccs1. The number of imide groups is 1. The van der Waals surface area contributed by atoms with Crippen molar-refractivity contribution in [1.82, 2.24) is 4.90 Å². The summed E-state index contributed by atoms with van der Waals surface area (Å²) in [6, 6.07) is 3.11. The van der Waals surface area contributed by atoms with E-state index < -0.39 is 18.1 Å². The highest BCUT2D eigenvalue weighted by Crippen LogP contribution is 2.26. The number of aliphatic hydroxyl groups is 1. The molecule has 0 aliphatic carbocycles. The Morgan fingerprint density at radius 3 is 2.89 bits per heavy atom. The molecule has 0 aromatic carbocycles. The maximum absolute atomic E-state index is 12.2. The van der Waals surface area contributed by atoms with E-state index >= 15 is 0 Å². The fourth-order valence-corrected chi connectivity index (χ4v) is 2.58. The molecule has 1 aliphatic heterocycles. The number of amides is 2. The zero-order valence-electron chi connectivity index (χ0n) is 10.2. The number of aliphatic hydroxyl groups excluding tert-OH is 1. The lowest BCUT2D eigenvalue weighted by Crippen LogP contribution is -2.44. The molecule has 1 aromatic heterocycles. The third kappa shape index (κ3) is 2.26. The Balaban J connectivity index is 2.19. The van der Waals surface area contributed by atoms with Gasteiger partial charge in [-0.3, -0.25) is 4.79 Å². The minimum absolute atomic E-state index is 0.0935. The molecule has 0 unspecified atom stereocenters. The van der Waals surface area contributed by atoms with Crippen molar-refractivity contribution in [3.63, 3.8) is 0 Å². The fourth-order valence-electron chi connectivity index (χ4n) is 1.88. The van der Waals surface area contributed by atoms with Gasteiger partial charge in [0, 0.05) is 4.88 Å². The summed E-state index contributed by atoms with van der Waals surface area (Å²) < 4.78 is 4.89. The first-order valence-corrected chi connectivity index (χ1v) is 6.61. The van der Waals surface area contributed by atoms with Gasteiger partial charge < -0.3 is 9.84 Å². The monoisotopic (exact) mass is 269 g/mol. The zero-order valence-corrected chi connectivity index (χ0v) is 11.0. The van der Waals surface area contributed by atoms with Gasteiger partial charge in [-0.15, -0.1) is 11.3 Å². The first kappa shape index (κ1) is 13.0. The van der Waals surface area contributed by atoms with Crippen LogP contribution in [-0.4, -0.2) is 34.7 Å². The van der Waals surface area contributed by atoms with Crippen LogP contribution in [0.1, 0.15) is 24.8 Å². The third-order valence-corrected chi connectivity index (χ3v) is 3.88. The van der Waals surface area contributed by atoms with Crippen molar-refractivity contribution in [3.05, 3.63) is 22.4 Å². The highest BCUT2D eigenvalue weighted by atomic mass is 32.1. The Morgan fingerprint density at radius 2 is 2.33 bits per heavy atom. The molecule has 0 saturated carbocycles. The van der Waals surface area contributed by atoms with Crippen molar-refractivity contribution in [3.8, 4) is 0 Å². The van der Waals surface area contributed by atoms with Crippen LogP contribution in [0, 0.1) is 5.92 Å². The van der Waals surface area contributed by atoms with Crippen molar-refractivity contribution in [2.75, 3.05) is 6.61 Å². The van der Waals surface area contributed by atoms with Gasteiger partial charge in [-0.05, 0) is 17.4 Å². The molecule has 0 radical (unpaired) electrons. The Bertz CT molecular complexity index is 443. The summed E-state index contributed by atoms with van der Waals surface area (Å²) in [5.74, 6) is -0.519. The van der Waals surface area contributed by atoms with Gasteiger partial charge in [-0.1, -0.05) is 19.9 Å². The first-order valence-electron chi connectivity index (χ1n) is 5.73. The van der Waals surface area contributed by atoms with E-state index in [4.69, 9.17) is 4.74 Å². The van der Waals surface area contributed by atoms with Crippen LogP contribution >= 0.6 is 11.3 Å². The van der Waals surface area contributed by atoms with Crippen LogP contribution < -0.4 is 0 Å². The minimum Gasteiger partial charge on any atom is -0.447 e. The second kappa shape index (κ2) is 5.07. The van der Waals surface area contributed by atoms with E-state index in [-0.39, 0.29) is 18.6 Å². The molecule has 18 heavy (non-hydrogen) atoms. The van der Waals surface area contributed by atoms with Gasteiger partial charge >= 0.3 is 6.09 Å². The van der Waals surface area contributed by atoms with Crippen LogP contribution in [0.5, 0.6) is 0 Å². The smallest absolute Gasteiger partial charge is 0.417 e. The summed E-state index contributed by atoms with van der Waals surface area (Å²) >= 11 is 1.28. The van der Waals surface area contributed by atoms with Crippen LogP contribution in [0.15, 0.2) is 17.5 Å². The molecule has 2 amide bonds. The van der Waals surface area contributed by atoms with Crippen LogP contribution in [0.4, 0.5) is 4.79 Å². The lowest BCUT2D eigenvalue weighted by atomic mass is 10.0. The first-order chi connectivity index (χ1) is 8.52. The minimum atomic E-state index is -1.29. The van der Waals surface area contributed by atoms with E-state index in [0.29, 0.717) is 4.88 Å². The average Bonchev–Trinajstić information content (AvgIpc) is 2.95. The molecule has 1 aromatic rings. The van der Waals surface area contributed by atoms with E-state index in [1.165, 1.54) is 11.3 Å². The number of rotatable bonds is 3. The van der Waals surface area contributed by atoms with E-state index in [1.54, 1.807) is 17.5 Å². The molecule has 6 heteroatoms. The fraction of sp³-hybridized carbons (Fsp3) is 0.500. The Morgan fingerprint density at radius 1 is 1.61 bits per heavy atom. The molecule has 5 nitrogen and oxygen atoms in total. The highest BCUT2D eigenvalue weighted by molar-refractivity contribution is 7.10. The molecule has 1 aliphatic rings. The number of thiophene rings is 1. The van der Waals surface area contributed by atoms with Crippen LogP contribution in [0.2, 0.25) is 0 Å². The maximum atomic E-state index is 12.2. The maximum Gasteiger partial charge on any atom is 0.417 e. The molecule has 1 fully saturated rings. The van der Waals surface area contributed by atoms with Gasteiger partial charge in [-0.25, -0.2) is 9.69 Å². The Kier molecular flexibility index (Phi) is 3.68. The Labute approximate surface area is 109 Å². The highest BCUT2D eigenvalue weighted by Gasteiger charge is 2.42. The third-order valence-electron chi connectivity index (χ3n) is 2.96. The number of hydrogen-bond donors (Lipinski definition) is 1. The van der Waals surface area contributed by atoms with E-state index in [2.05, 4.69) is 0 Å². The summed E-state index contributed by atoms with van der Waals surface area (Å²) in [7, 11) is 0. The van der Waals surface area contributed by atoms with Crippen molar-refractivity contribution < 1.29 is 19.4 Å². The number of cyclic esters (lactones) is 1. The van der Waals surface area contributed by atoms with E-state index in [1.807, 2.05) is 13.8 Å². The molecule has 2 rings (SSSR count). The van der Waals surface area contributed by atoms with Gasteiger partial charge in [0.15, 0.2) is 6.10 Å². The molecule has 2 heterocycles. The number of ether oxygens (including phenoxy) is 1. The van der Waals surface area contributed by atoms with Crippen molar-refractivity contribution in [2.24, 2.45) is 5.92 Å². The number of hydrogen-bond acceptors (Lipinski definition) is 5. The predicted molar refractivity (Wildman–Crippen MR) is 66.1 cm³/mol. The molecule has 2 atom stereocenters. The molecular weight excluding hydrogens is 254 g/mol. The van der Waals surface area contributed by atoms with Gasteiger partial charge in [0.05, 0.1) is 6.04 Å². The second-order valence-electron chi connectivity index (χ2n) is 4.51. The van der Waals surface area contributed by atoms with Crippen LogP contribution in [0.3, 0.4) is 0 Å². The number of carbonyl (C=O) groups excluding carboxylic acids is 2. The van der Waals surface area contributed by atoms with Crippen molar-refractivity contribution >= 4 is 23.3 Å². The van der Waals surface area contributed by atoms with Gasteiger partial charge in [0.25, 0.3) is 5.91 Å². The molecule has 1 saturated heterocycles. The summed E-state index contributed by atoms with van der Waals surface area (Å²) in [6.45, 7) is 4.01. The van der Waals surface area contributed by atoms with Gasteiger partial charge in [-0.2, -0.15) is 0 Å². The quantitative estimate of drug-likeness (QED) is 0.908. The zero-order chi connectivity index (χ0) is 13.3. The largest absolute Gasteiger partial charge is 0.447 e. The van der Waals surface area contributed by atoms with Crippen molar-refractivity contribution in [1.29, 1.82) is 0 Å². The summed E-state index contributed by atoms with van der Waals surface area (Å²) in [5.41, 5.74) is 0. The molecule has 0 bridgehead atoms. The lowest BCUT2D eigenvalue weighted by Gasteiger charge is -2.24. The van der Waals surface area contributed by atoms with Crippen molar-refractivity contribution in [2.45, 2.75) is 26.0 Å². The lowest BCUT2D eigenvalue weighted by molar-refractivity contribution is -0.138. The van der Waals surface area contributed by atoms with Gasteiger partial charge in [0.1, 0.15) is 6.61 Å². The molecule has 98 valence electrons.